The first kappa shape index (κ1) is 23.7. The van der Waals surface area contributed by atoms with Gasteiger partial charge in [-0.15, -0.1) is 0 Å². The molecule has 1 aromatic heterocycles. The first-order valence-corrected chi connectivity index (χ1v) is 10.5. The van der Waals surface area contributed by atoms with Crippen molar-refractivity contribution in [3.63, 3.8) is 0 Å². The summed E-state index contributed by atoms with van der Waals surface area (Å²) < 4.78 is 5.74. The Labute approximate surface area is 177 Å². The fourth-order valence-corrected chi connectivity index (χ4v) is 3.43. The van der Waals surface area contributed by atoms with Gasteiger partial charge in [0.05, 0.1) is 12.2 Å². The summed E-state index contributed by atoms with van der Waals surface area (Å²) in [5.41, 5.74) is 5.16. The van der Waals surface area contributed by atoms with Gasteiger partial charge in [-0.1, -0.05) is 32.6 Å². The summed E-state index contributed by atoms with van der Waals surface area (Å²) in [6.07, 6.45) is 4.42. The third-order valence-corrected chi connectivity index (χ3v) is 4.80. The van der Waals surface area contributed by atoms with Crippen LogP contribution in [0.25, 0.3) is 0 Å². The van der Waals surface area contributed by atoms with Gasteiger partial charge in [0.1, 0.15) is 11.9 Å². The minimum absolute atomic E-state index is 0.0503. The Morgan fingerprint density at radius 3 is 2.60 bits per heavy atom. The summed E-state index contributed by atoms with van der Waals surface area (Å²) in [6.45, 7) is 9.11. The topological polar surface area (TPSA) is 133 Å². The van der Waals surface area contributed by atoms with Gasteiger partial charge in [-0.2, -0.15) is 15.0 Å². The molecule has 2 rings (SSSR count). The van der Waals surface area contributed by atoms with Crippen LogP contribution < -0.4 is 15.8 Å². The second kappa shape index (κ2) is 11.6. The second-order valence-electron chi connectivity index (χ2n) is 7.63. The Balaban J connectivity index is 2.01. The van der Waals surface area contributed by atoms with Crippen molar-refractivity contribution in [2.24, 2.45) is 0 Å². The maximum atomic E-state index is 12.5. The van der Waals surface area contributed by atoms with E-state index in [0.29, 0.717) is 36.3 Å². The van der Waals surface area contributed by atoms with Crippen LogP contribution in [0.5, 0.6) is 0 Å². The quantitative estimate of drug-likeness (QED) is 0.209. The molecular formula is C19H33N7O4. The highest BCUT2D eigenvalue weighted by molar-refractivity contribution is 5.84. The van der Waals surface area contributed by atoms with E-state index in [4.69, 9.17) is 4.74 Å². The third kappa shape index (κ3) is 7.06. The van der Waals surface area contributed by atoms with E-state index in [1.807, 2.05) is 18.7 Å². The van der Waals surface area contributed by atoms with Crippen LogP contribution in [0.2, 0.25) is 0 Å². The fraction of sp³-hybridized carbons (Fsp3) is 0.737. The number of rotatable bonds is 11. The van der Waals surface area contributed by atoms with E-state index < -0.39 is 11.9 Å². The molecule has 0 spiro atoms. The third-order valence-electron chi connectivity index (χ3n) is 4.80. The number of nitrogens with one attached hydrogen (secondary N) is 2. The summed E-state index contributed by atoms with van der Waals surface area (Å²) in [7, 11) is 0. The number of ether oxygens (including phenoxy) is 1. The van der Waals surface area contributed by atoms with Gasteiger partial charge in [0.2, 0.25) is 18.3 Å². The van der Waals surface area contributed by atoms with Gasteiger partial charge < -0.3 is 9.64 Å². The number of hydrazine groups is 1. The van der Waals surface area contributed by atoms with E-state index >= 15 is 0 Å². The molecule has 11 nitrogen and oxygen atoms in total. The SMILES string of the molecule is CCCCCC[C@H](C(=O)NNc1nc(C)nc(N2CC(C)OC(C)C2)n1)N(O)C=O. The molecule has 0 bridgehead atoms. The van der Waals surface area contributed by atoms with Crippen LogP contribution >= 0.6 is 0 Å². The number of hydrogen-bond acceptors (Lipinski definition) is 9. The molecule has 11 heteroatoms. The minimum atomic E-state index is -0.991. The number of hydrogen-bond donors (Lipinski definition) is 3. The minimum Gasteiger partial charge on any atom is -0.372 e. The molecule has 2 unspecified atom stereocenters. The van der Waals surface area contributed by atoms with Gasteiger partial charge in [0, 0.05) is 13.1 Å². The predicted octanol–water partition coefficient (Wildman–Crippen LogP) is 1.42. The lowest BCUT2D eigenvalue weighted by Gasteiger charge is -2.35. The molecule has 3 N–H and O–H groups in total. The molecule has 1 aliphatic heterocycles. The highest BCUT2D eigenvalue weighted by Gasteiger charge is 2.26. The molecule has 168 valence electrons. The van der Waals surface area contributed by atoms with Gasteiger partial charge >= 0.3 is 0 Å². The largest absolute Gasteiger partial charge is 0.372 e. The van der Waals surface area contributed by atoms with Crippen LogP contribution in [0.4, 0.5) is 11.9 Å². The summed E-state index contributed by atoms with van der Waals surface area (Å²) in [4.78, 5) is 38.4. The summed E-state index contributed by atoms with van der Waals surface area (Å²) in [5.74, 6) is 0.623. The molecule has 2 amide bonds. The number of amides is 2. The first-order valence-electron chi connectivity index (χ1n) is 10.5. The van der Waals surface area contributed by atoms with Crippen molar-refractivity contribution in [2.45, 2.75) is 78.0 Å². The molecular weight excluding hydrogens is 390 g/mol. The number of hydroxylamine groups is 2. The van der Waals surface area contributed by atoms with Crippen molar-refractivity contribution >= 4 is 24.2 Å². The van der Waals surface area contributed by atoms with E-state index in [2.05, 4.69) is 32.7 Å². The van der Waals surface area contributed by atoms with E-state index in [9.17, 15) is 14.8 Å². The lowest BCUT2D eigenvalue weighted by Crippen LogP contribution is -2.47. The van der Waals surface area contributed by atoms with Crippen LogP contribution in [0.3, 0.4) is 0 Å². The number of morpholine rings is 1. The smallest absolute Gasteiger partial charge is 0.263 e. The molecule has 0 aromatic carbocycles. The van der Waals surface area contributed by atoms with Gasteiger partial charge in [-0.25, -0.2) is 5.06 Å². The van der Waals surface area contributed by atoms with E-state index in [1.165, 1.54) is 0 Å². The molecule has 1 aromatic rings. The van der Waals surface area contributed by atoms with Gasteiger partial charge in [0.15, 0.2) is 0 Å². The monoisotopic (exact) mass is 423 g/mol. The van der Waals surface area contributed by atoms with Gasteiger partial charge in [-0.3, -0.25) is 25.6 Å². The van der Waals surface area contributed by atoms with Crippen LogP contribution in [0, 0.1) is 6.92 Å². The number of aromatic nitrogens is 3. The van der Waals surface area contributed by atoms with Crippen molar-refractivity contribution in [3.05, 3.63) is 5.82 Å². The number of anilines is 2. The lowest BCUT2D eigenvalue weighted by molar-refractivity contribution is -0.167. The second-order valence-corrected chi connectivity index (χ2v) is 7.63. The van der Waals surface area contributed by atoms with Crippen molar-refractivity contribution < 1.29 is 19.5 Å². The normalized spacial score (nSPS) is 19.8. The van der Waals surface area contributed by atoms with Crippen LogP contribution in [0.15, 0.2) is 0 Å². The maximum Gasteiger partial charge on any atom is 0.263 e. The predicted molar refractivity (Wildman–Crippen MR) is 111 cm³/mol. The van der Waals surface area contributed by atoms with Crippen LogP contribution in [0.1, 0.15) is 58.7 Å². The highest BCUT2D eigenvalue weighted by atomic mass is 16.5. The van der Waals surface area contributed by atoms with Crippen molar-refractivity contribution in [1.29, 1.82) is 0 Å². The molecule has 1 aliphatic rings. The van der Waals surface area contributed by atoms with Crippen molar-refractivity contribution in [1.82, 2.24) is 25.4 Å². The van der Waals surface area contributed by atoms with Crippen molar-refractivity contribution in [2.75, 3.05) is 23.4 Å². The Bertz CT molecular complexity index is 695. The molecule has 3 atom stereocenters. The average molecular weight is 424 g/mol. The number of aryl methyl sites for hydroxylation is 1. The number of unbranched alkanes of at least 4 members (excludes halogenated alkanes) is 3. The molecule has 0 saturated carbocycles. The molecule has 2 heterocycles. The molecule has 30 heavy (non-hydrogen) atoms. The van der Waals surface area contributed by atoms with E-state index in [1.54, 1.807) is 6.92 Å². The van der Waals surface area contributed by atoms with Gasteiger partial charge in [-0.05, 0) is 27.2 Å². The van der Waals surface area contributed by atoms with Gasteiger partial charge in [0.25, 0.3) is 5.91 Å². The van der Waals surface area contributed by atoms with Crippen LogP contribution in [-0.4, -0.2) is 68.9 Å². The maximum absolute atomic E-state index is 12.5. The zero-order valence-corrected chi connectivity index (χ0v) is 18.2. The number of carbonyl (C=O) groups excluding carboxylic acids is 2. The molecule has 1 saturated heterocycles. The number of nitrogens with zero attached hydrogens (tertiary/aromatic N) is 5. The Kier molecular flexibility index (Phi) is 9.18. The Morgan fingerprint density at radius 2 is 1.97 bits per heavy atom. The number of carbonyl (C=O) groups is 2. The highest BCUT2D eigenvalue weighted by Crippen LogP contribution is 2.17. The molecule has 0 radical (unpaired) electrons. The standard InChI is InChI=1S/C19H33N7O4/c1-5-6-7-8-9-16(26(29)12-27)17(28)23-24-18-20-15(4)21-19(22-18)25-10-13(2)30-14(3)11-25/h12-14,16,29H,5-11H2,1-4H3,(H,23,28)(H,20,21,22,24)/t13?,14?,16-/m1/s1. The fourth-order valence-electron chi connectivity index (χ4n) is 3.43. The summed E-state index contributed by atoms with van der Waals surface area (Å²) in [6, 6.07) is -0.991. The lowest BCUT2D eigenvalue weighted by atomic mass is 10.1. The van der Waals surface area contributed by atoms with Crippen LogP contribution in [-0.2, 0) is 14.3 Å². The first-order chi connectivity index (χ1) is 14.3. The Hall–Kier alpha value is -2.53. The summed E-state index contributed by atoms with van der Waals surface area (Å²) >= 11 is 0. The molecule has 1 fully saturated rings. The van der Waals surface area contributed by atoms with E-state index in [0.717, 1.165) is 25.7 Å². The Morgan fingerprint density at radius 1 is 1.27 bits per heavy atom. The summed E-state index contributed by atoms with van der Waals surface area (Å²) in [5, 5.41) is 10.2. The zero-order valence-electron chi connectivity index (χ0n) is 18.2. The van der Waals surface area contributed by atoms with Crippen molar-refractivity contribution in [3.8, 4) is 0 Å². The van der Waals surface area contributed by atoms with E-state index in [-0.39, 0.29) is 24.6 Å². The zero-order chi connectivity index (χ0) is 22.1. The molecule has 0 aliphatic carbocycles. The average Bonchev–Trinajstić information content (AvgIpc) is 2.70.